The first-order chi connectivity index (χ1) is 9.13. The Morgan fingerprint density at radius 3 is 2.53 bits per heavy atom. The molecule has 0 spiro atoms. The third-order valence-electron chi connectivity index (χ3n) is 2.94. The molecule has 2 N–H and O–H groups in total. The van der Waals surface area contributed by atoms with E-state index in [0.717, 1.165) is 5.56 Å². The Labute approximate surface area is 114 Å². The van der Waals surface area contributed by atoms with E-state index in [4.69, 9.17) is 9.84 Å². The molecule has 0 aliphatic carbocycles. The lowest BCUT2D eigenvalue weighted by Gasteiger charge is -2.22. The van der Waals surface area contributed by atoms with Crippen molar-refractivity contribution < 1.29 is 19.7 Å². The Kier molecular flexibility index (Phi) is 7.33. The zero-order valence-corrected chi connectivity index (χ0v) is 11.3. The molecular weight excluding hydrogens is 244 g/mol. The zero-order chi connectivity index (χ0) is 14.1. The van der Waals surface area contributed by atoms with E-state index >= 15 is 0 Å². The lowest BCUT2D eigenvalue weighted by Crippen LogP contribution is -2.30. The number of aliphatic hydroxyl groups excluding tert-OH is 2. The van der Waals surface area contributed by atoms with E-state index in [1.165, 1.54) is 6.92 Å². The summed E-state index contributed by atoms with van der Waals surface area (Å²) in [5.41, 5.74) is 1.02. The van der Waals surface area contributed by atoms with Gasteiger partial charge < -0.3 is 19.7 Å². The van der Waals surface area contributed by atoms with Gasteiger partial charge in [0.05, 0.1) is 18.8 Å². The van der Waals surface area contributed by atoms with Crippen molar-refractivity contribution in [2.75, 3.05) is 6.61 Å². The predicted molar refractivity (Wildman–Crippen MR) is 72.6 cm³/mol. The Hall–Kier alpha value is -1.23. The van der Waals surface area contributed by atoms with Gasteiger partial charge in [-0.05, 0) is 25.3 Å². The number of carbonyl (C=O) groups is 1. The molecule has 0 radical (unpaired) electrons. The monoisotopic (exact) mass is 266 g/mol. The maximum atomic E-state index is 11.0. The topological polar surface area (TPSA) is 66.8 Å². The van der Waals surface area contributed by atoms with Crippen LogP contribution in [0.1, 0.15) is 31.7 Å². The summed E-state index contributed by atoms with van der Waals surface area (Å²) in [4.78, 5) is 11.0. The average molecular weight is 266 g/mol. The third kappa shape index (κ3) is 6.47. The molecule has 4 nitrogen and oxygen atoms in total. The van der Waals surface area contributed by atoms with E-state index in [2.05, 4.69) is 0 Å². The molecule has 1 aromatic rings. The molecule has 106 valence electrons. The molecule has 0 fully saturated rings. The predicted octanol–water partition coefficient (Wildman–Crippen LogP) is 1.68. The standard InChI is InChI=1S/C15H22O4/c1-12(17)7-8-15(14(18)9-10-16)19-11-13-5-3-2-4-6-13/h2-6,14-16,18H,7-11H2,1H3/t14-,15+/m1/s1. The fraction of sp³-hybridized carbons (Fsp3) is 0.533. The van der Waals surface area contributed by atoms with Crippen molar-refractivity contribution >= 4 is 5.78 Å². The Morgan fingerprint density at radius 1 is 1.26 bits per heavy atom. The molecular formula is C15H22O4. The van der Waals surface area contributed by atoms with Crippen molar-refractivity contribution in [3.05, 3.63) is 35.9 Å². The van der Waals surface area contributed by atoms with E-state index in [1.807, 2.05) is 30.3 Å². The van der Waals surface area contributed by atoms with Crippen LogP contribution in [0.25, 0.3) is 0 Å². The number of carbonyl (C=O) groups excluding carboxylic acids is 1. The van der Waals surface area contributed by atoms with Crippen LogP contribution in [-0.2, 0) is 16.1 Å². The van der Waals surface area contributed by atoms with Gasteiger partial charge in [0.25, 0.3) is 0 Å². The summed E-state index contributed by atoms with van der Waals surface area (Å²) in [5, 5.41) is 18.8. The second kappa shape index (κ2) is 8.80. The normalized spacial score (nSPS) is 14.1. The minimum atomic E-state index is -0.743. The van der Waals surface area contributed by atoms with E-state index in [0.29, 0.717) is 19.4 Å². The smallest absolute Gasteiger partial charge is 0.129 e. The Morgan fingerprint density at radius 2 is 1.95 bits per heavy atom. The summed E-state index contributed by atoms with van der Waals surface area (Å²) in [6.45, 7) is 1.82. The first-order valence-corrected chi connectivity index (χ1v) is 6.57. The van der Waals surface area contributed by atoms with E-state index < -0.39 is 12.2 Å². The van der Waals surface area contributed by atoms with Gasteiger partial charge in [0.1, 0.15) is 5.78 Å². The highest BCUT2D eigenvalue weighted by molar-refractivity contribution is 5.75. The van der Waals surface area contributed by atoms with Crippen molar-refractivity contribution in [2.24, 2.45) is 0 Å². The highest BCUT2D eigenvalue weighted by Crippen LogP contribution is 2.14. The second-order valence-electron chi connectivity index (χ2n) is 4.66. The number of aliphatic hydroxyl groups is 2. The summed E-state index contributed by atoms with van der Waals surface area (Å²) in [6.07, 6.45) is -0.0489. The summed E-state index contributed by atoms with van der Waals surface area (Å²) < 4.78 is 5.68. The summed E-state index contributed by atoms with van der Waals surface area (Å²) >= 11 is 0. The van der Waals surface area contributed by atoms with Gasteiger partial charge in [-0.3, -0.25) is 0 Å². The van der Waals surface area contributed by atoms with Crippen LogP contribution >= 0.6 is 0 Å². The van der Waals surface area contributed by atoms with Crippen LogP contribution in [-0.4, -0.2) is 34.8 Å². The number of hydrogen-bond donors (Lipinski definition) is 2. The fourth-order valence-electron chi connectivity index (χ4n) is 1.83. The number of ether oxygens (including phenoxy) is 1. The van der Waals surface area contributed by atoms with Crippen LogP contribution in [0.4, 0.5) is 0 Å². The molecule has 0 aromatic heterocycles. The quantitative estimate of drug-likeness (QED) is 0.713. The SMILES string of the molecule is CC(=O)CC[C@H](OCc1ccccc1)[C@H](O)CCO. The molecule has 0 aliphatic rings. The second-order valence-corrected chi connectivity index (χ2v) is 4.66. The van der Waals surface area contributed by atoms with Gasteiger partial charge in [0.15, 0.2) is 0 Å². The molecule has 0 heterocycles. The van der Waals surface area contributed by atoms with Gasteiger partial charge in [0.2, 0.25) is 0 Å². The molecule has 2 atom stereocenters. The zero-order valence-electron chi connectivity index (χ0n) is 11.3. The lowest BCUT2D eigenvalue weighted by atomic mass is 10.0. The molecule has 0 bridgehead atoms. The van der Waals surface area contributed by atoms with Crippen LogP contribution in [0.3, 0.4) is 0 Å². The van der Waals surface area contributed by atoms with Gasteiger partial charge in [-0.25, -0.2) is 0 Å². The molecule has 1 rings (SSSR count). The van der Waals surface area contributed by atoms with E-state index in [1.54, 1.807) is 0 Å². The highest BCUT2D eigenvalue weighted by atomic mass is 16.5. The minimum absolute atomic E-state index is 0.0736. The van der Waals surface area contributed by atoms with Crippen molar-refractivity contribution in [2.45, 2.75) is 45.0 Å². The van der Waals surface area contributed by atoms with Crippen LogP contribution < -0.4 is 0 Å². The molecule has 0 amide bonds. The maximum absolute atomic E-state index is 11.0. The minimum Gasteiger partial charge on any atom is -0.396 e. The molecule has 0 saturated heterocycles. The molecule has 0 aliphatic heterocycles. The average Bonchev–Trinajstić information content (AvgIpc) is 2.40. The van der Waals surface area contributed by atoms with Crippen LogP contribution in [0.15, 0.2) is 30.3 Å². The van der Waals surface area contributed by atoms with Crippen molar-refractivity contribution in [3.63, 3.8) is 0 Å². The highest BCUT2D eigenvalue weighted by Gasteiger charge is 2.20. The van der Waals surface area contributed by atoms with Gasteiger partial charge in [-0.2, -0.15) is 0 Å². The molecule has 4 heteroatoms. The van der Waals surface area contributed by atoms with Gasteiger partial charge in [-0.1, -0.05) is 30.3 Å². The van der Waals surface area contributed by atoms with Crippen LogP contribution in [0.2, 0.25) is 0 Å². The number of rotatable bonds is 9. The van der Waals surface area contributed by atoms with Crippen molar-refractivity contribution in [1.29, 1.82) is 0 Å². The first-order valence-electron chi connectivity index (χ1n) is 6.57. The van der Waals surface area contributed by atoms with Gasteiger partial charge in [0, 0.05) is 13.0 Å². The Balaban J connectivity index is 2.50. The maximum Gasteiger partial charge on any atom is 0.129 e. The van der Waals surface area contributed by atoms with Crippen LogP contribution in [0, 0.1) is 0 Å². The molecule has 0 saturated carbocycles. The van der Waals surface area contributed by atoms with E-state index in [9.17, 15) is 9.90 Å². The third-order valence-corrected chi connectivity index (χ3v) is 2.94. The van der Waals surface area contributed by atoms with Gasteiger partial charge in [-0.15, -0.1) is 0 Å². The van der Waals surface area contributed by atoms with Crippen molar-refractivity contribution in [1.82, 2.24) is 0 Å². The van der Waals surface area contributed by atoms with Crippen molar-refractivity contribution in [3.8, 4) is 0 Å². The fourth-order valence-corrected chi connectivity index (χ4v) is 1.83. The molecule has 19 heavy (non-hydrogen) atoms. The first kappa shape index (κ1) is 15.8. The van der Waals surface area contributed by atoms with Crippen LogP contribution in [0.5, 0.6) is 0 Å². The number of ketones is 1. The summed E-state index contributed by atoms with van der Waals surface area (Å²) in [5.74, 6) is 0.0736. The number of benzene rings is 1. The van der Waals surface area contributed by atoms with E-state index in [-0.39, 0.29) is 18.8 Å². The number of Topliss-reactive ketones (excluding diaryl/α,β-unsaturated/α-hetero) is 1. The molecule has 1 aromatic carbocycles. The largest absolute Gasteiger partial charge is 0.396 e. The summed E-state index contributed by atoms with van der Waals surface area (Å²) in [7, 11) is 0. The molecule has 0 unspecified atom stereocenters. The summed E-state index contributed by atoms with van der Waals surface area (Å²) in [6, 6.07) is 9.67. The van der Waals surface area contributed by atoms with Gasteiger partial charge >= 0.3 is 0 Å². The lowest BCUT2D eigenvalue weighted by molar-refractivity contribution is -0.118. The number of hydrogen-bond acceptors (Lipinski definition) is 4. The Bertz CT molecular complexity index is 364.